The lowest BCUT2D eigenvalue weighted by molar-refractivity contribution is -0.548. The van der Waals surface area contributed by atoms with Gasteiger partial charge in [-0.15, -0.1) is 0 Å². The summed E-state index contributed by atoms with van der Waals surface area (Å²) in [4.78, 5) is 32.4. The highest BCUT2D eigenvalue weighted by Crippen LogP contribution is 2.24. The van der Waals surface area contributed by atoms with Gasteiger partial charge < -0.3 is 0 Å². The molecule has 0 bridgehead atoms. The van der Waals surface area contributed by atoms with E-state index in [4.69, 9.17) is 0 Å². The number of urea groups is 1. The van der Waals surface area contributed by atoms with Crippen molar-refractivity contribution in [1.82, 2.24) is 9.80 Å². The van der Waals surface area contributed by atoms with Crippen LogP contribution in [0.25, 0.3) is 0 Å². The van der Waals surface area contributed by atoms with Gasteiger partial charge in [0.2, 0.25) is 0 Å². The number of nitrogens with zero attached hydrogens (tertiary/aromatic N) is 4. The zero-order chi connectivity index (χ0) is 18.8. The summed E-state index contributed by atoms with van der Waals surface area (Å²) in [5, 5.41) is 0.771. The summed E-state index contributed by atoms with van der Waals surface area (Å²) >= 11 is 1.57. The number of hydrogen-bond acceptors (Lipinski definition) is 4. The van der Waals surface area contributed by atoms with Crippen LogP contribution in [0.3, 0.4) is 0 Å². The summed E-state index contributed by atoms with van der Waals surface area (Å²) in [6.45, 7) is 4.59. The van der Waals surface area contributed by atoms with Gasteiger partial charge in [-0.3, -0.25) is 14.6 Å². The predicted octanol–water partition coefficient (Wildman–Crippen LogP) is 2.48. The van der Waals surface area contributed by atoms with E-state index >= 15 is 0 Å². The molecule has 2 aliphatic rings. The van der Waals surface area contributed by atoms with Crippen LogP contribution in [0.15, 0.2) is 41.4 Å². The van der Waals surface area contributed by atoms with Gasteiger partial charge in [0.15, 0.2) is 0 Å². The largest absolute Gasteiger partial charge is 0.358 e. The van der Waals surface area contributed by atoms with Gasteiger partial charge in [-0.05, 0) is 36.2 Å². The Balaban J connectivity index is 1.99. The SMILES string of the molecule is C/C=C/CSC1=[N+](Cc2cccc(C)c2)C2C(=O)N(C)C(=O)N(C)C2=N1. The van der Waals surface area contributed by atoms with E-state index in [0.29, 0.717) is 12.4 Å². The lowest BCUT2D eigenvalue weighted by Crippen LogP contribution is -2.61. The predicted molar refractivity (Wildman–Crippen MR) is 105 cm³/mol. The molecular weight excluding hydrogens is 348 g/mol. The Labute approximate surface area is 157 Å². The molecule has 0 spiro atoms. The summed E-state index contributed by atoms with van der Waals surface area (Å²) in [6.07, 6.45) is 4.04. The maximum atomic E-state index is 12.8. The van der Waals surface area contributed by atoms with Crippen LogP contribution in [0.2, 0.25) is 0 Å². The van der Waals surface area contributed by atoms with Gasteiger partial charge in [-0.25, -0.2) is 9.37 Å². The molecule has 1 fully saturated rings. The van der Waals surface area contributed by atoms with Crippen molar-refractivity contribution < 1.29 is 14.2 Å². The fourth-order valence-electron chi connectivity index (χ4n) is 3.08. The Morgan fingerprint density at radius 2 is 2.04 bits per heavy atom. The average Bonchev–Trinajstić information content (AvgIpc) is 2.97. The number of likely N-dealkylation sites (N-methyl/N-ethyl adjacent to an activating group) is 2. The molecule has 1 saturated heterocycles. The van der Waals surface area contributed by atoms with Crippen LogP contribution in [0, 0.1) is 6.92 Å². The number of carbonyl (C=O) groups is 2. The van der Waals surface area contributed by atoms with E-state index in [9.17, 15) is 9.59 Å². The van der Waals surface area contributed by atoms with E-state index in [0.717, 1.165) is 16.5 Å². The molecule has 0 saturated carbocycles. The van der Waals surface area contributed by atoms with E-state index in [1.165, 1.54) is 22.4 Å². The third-order valence-electron chi connectivity index (χ3n) is 4.47. The number of aryl methyl sites for hydroxylation is 1. The van der Waals surface area contributed by atoms with E-state index in [1.807, 2.05) is 48.8 Å². The summed E-state index contributed by atoms with van der Waals surface area (Å²) < 4.78 is 2.00. The molecule has 1 aromatic carbocycles. The fourth-order valence-corrected chi connectivity index (χ4v) is 4.01. The molecule has 3 rings (SSSR count). The zero-order valence-corrected chi connectivity index (χ0v) is 16.3. The third kappa shape index (κ3) is 3.31. The smallest absolute Gasteiger partial charge is 0.269 e. The number of rotatable bonds is 4. The fraction of sp³-hybridized carbons (Fsp3) is 0.368. The highest BCUT2D eigenvalue weighted by molar-refractivity contribution is 8.13. The van der Waals surface area contributed by atoms with Crippen molar-refractivity contribution in [2.45, 2.75) is 26.4 Å². The first-order valence-corrected chi connectivity index (χ1v) is 9.49. The van der Waals surface area contributed by atoms with Crippen molar-refractivity contribution in [3.63, 3.8) is 0 Å². The molecule has 0 aromatic heterocycles. The normalized spacial score (nSPS) is 20.3. The lowest BCUT2D eigenvalue weighted by Gasteiger charge is -2.30. The molecule has 1 aromatic rings. The minimum Gasteiger partial charge on any atom is -0.269 e. The van der Waals surface area contributed by atoms with Gasteiger partial charge in [0, 0.05) is 19.8 Å². The molecule has 136 valence electrons. The Bertz CT molecular complexity index is 844. The first kappa shape index (κ1) is 18.4. The quantitative estimate of drug-likeness (QED) is 0.604. The van der Waals surface area contributed by atoms with Crippen LogP contribution in [0.5, 0.6) is 0 Å². The number of imide groups is 1. The Morgan fingerprint density at radius 1 is 1.27 bits per heavy atom. The van der Waals surface area contributed by atoms with Crippen molar-refractivity contribution in [3.8, 4) is 0 Å². The highest BCUT2D eigenvalue weighted by atomic mass is 32.2. The maximum Gasteiger partial charge on any atom is 0.358 e. The van der Waals surface area contributed by atoms with Crippen LogP contribution in [-0.4, -0.2) is 63.2 Å². The number of carbonyl (C=O) groups excluding carboxylic acids is 2. The molecule has 26 heavy (non-hydrogen) atoms. The third-order valence-corrected chi connectivity index (χ3v) is 5.42. The lowest BCUT2D eigenvalue weighted by atomic mass is 10.1. The van der Waals surface area contributed by atoms with E-state index in [-0.39, 0.29) is 11.9 Å². The summed E-state index contributed by atoms with van der Waals surface area (Å²) in [5.74, 6) is 1.04. The number of thioether (sulfide) groups is 1. The standard InChI is InChI=1S/C19H23N4O2S/c1-5-6-10-26-18-20-16-15(17(24)22(4)19(25)21(16)3)23(18)12-14-9-7-8-13(2)11-14/h5-9,11,15H,10,12H2,1-4H3/q+1/b6-5+. The molecule has 0 aliphatic carbocycles. The molecule has 6 nitrogen and oxygen atoms in total. The van der Waals surface area contributed by atoms with Crippen molar-refractivity contribution in [2.24, 2.45) is 4.99 Å². The van der Waals surface area contributed by atoms with E-state index in [1.54, 1.807) is 18.8 Å². The van der Waals surface area contributed by atoms with Crippen LogP contribution < -0.4 is 0 Å². The summed E-state index contributed by atoms with van der Waals surface area (Å²) in [5.41, 5.74) is 2.28. The maximum absolute atomic E-state index is 12.8. The molecule has 2 heterocycles. The molecule has 0 N–H and O–H groups in total. The molecule has 0 radical (unpaired) electrons. The number of benzene rings is 1. The first-order valence-electron chi connectivity index (χ1n) is 8.51. The van der Waals surface area contributed by atoms with Gasteiger partial charge in [-0.1, -0.05) is 42.0 Å². The van der Waals surface area contributed by atoms with Crippen LogP contribution >= 0.6 is 11.8 Å². The monoisotopic (exact) mass is 371 g/mol. The number of allylic oxidation sites excluding steroid dienone is 1. The second kappa shape index (κ2) is 7.45. The Hall–Kier alpha value is -2.41. The topological polar surface area (TPSA) is 56.0 Å². The number of hydrogen-bond donors (Lipinski definition) is 0. The van der Waals surface area contributed by atoms with E-state index in [2.05, 4.69) is 11.1 Å². The van der Waals surface area contributed by atoms with Gasteiger partial charge >= 0.3 is 11.2 Å². The van der Waals surface area contributed by atoms with Crippen molar-refractivity contribution >= 4 is 34.7 Å². The number of amides is 3. The summed E-state index contributed by atoms with van der Waals surface area (Å²) in [6, 6.07) is 7.31. The first-order chi connectivity index (χ1) is 12.4. The zero-order valence-electron chi connectivity index (χ0n) is 15.5. The minimum absolute atomic E-state index is 0.235. The van der Waals surface area contributed by atoms with Crippen molar-refractivity contribution in [1.29, 1.82) is 0 Å². The molecule has 1 atom stereocenters. The van der Waals surface area contributed by atoms with Crippen molar-refractivity contribution in [2.75, 3.05) is 19.8 Å². The number of fused-ring (bicyclic) bond motifs is 1. The summed E-state index contributed by atoms with van der Waals surface area (Å²) in [7, 11) is 3.19. The number of aliphatic imine (C=N–C) groups is 1. The molecule has 7 heteroatoms. The van der Waals surface area contributed by atoms with Gasteiger partial charge in [0.1, 0.15) is 6.54 Å². The van der Waals surface area contributed by atoms with Gasteiger partial charge in [-0.2, -0.15) is 0 Å². The molecular formula is C19H23N4O2S+. The minimum atomic E-state index is -0.559. The van der Waals surface area contributed by atoms with Gasteiger partial charge in [0.25, 0.3) is 17.8 Å². The molecule has 1 unspecified atom stereocenters. The second-order valence-corrected chi connectivity index (χ2v) is 7.38. The average molecular weight is 371 g/mol. The van der Waals surface area contributed by atoms with E-state index < -0.39 is 6.04 Å². The molecule has 3 amide bonds. The Morgan fingerprint density at radius 3 is 2.73 bits per heavy atom. The van der Waals surface area contributed by atoms with Crippen LogP contribution in [0.4, 0.5) is 4.79 Å². The van der Waals surface area contributed by atoms with Gasteiger partial charge in [0.05, 0.1) is 0 Å². The number of amidine groups is 2. The Kier molecular flexibility index (Phi) is 5.27. The van der Waals surface area contributed by atoms with Crippen molar-refractivity contribution in [3.05, 3.63) is 47.5 Å². The van der Waals surface area contributed by atoms with Crippen LogP contribution in [-0.2, 0) is 11.3 Å². The van der Waals surface area contributed by atoms with Crippen LogP contribution in [0.1, 0.15) is 18.1 Å². The second-order valence-electron chi connectivity index (χ2n) is 6.39. The highest BCUT2D eigenvalue weighted by Gasteiger charge is 2.53. The molecule has 2 aliphatic heterocycles.